The van der Waals surface area contributed by atoms with E-state index in [2.05, 4.69) is 20.8 Å². The van der Waals surface area contributed by atoms with Crippen molar-refractivity contribution in [2.45, 2.75) is 32.9 Å². The summed E-state index contributed by atoms with van der Waals surface area (Å²) >= 11 is 0. The van der Waals surface area contributed by atoms with Crippen LogP contribution in [0.2, 0.25) is 0 Å². The van der Waals surface area contributed by atoms with Gasteiger partial charge >= 0.3 is 6.03 Å². The van der Waals surface area contributed by atoms with E-state index >= 15 is 0 Å². The van der Waals surface area contributed by atoms with Gasteiger partial charge < -0.3 is 24.7 Å². The van der Waals surface area contributed by atoms with Gasteiger partial charge in [0, 0.05) is 25.2 Å². The molecule has 2 aromatic rings. The zero-order chi connectivity index (χ0) is 18.0. The Morgan fingerprint density at radius 3 is 2.80 bits per heavy atom. The third kappa shape index (κ3) is 3.54. The molecule has 1 unspecified atom stereocenters. The normalized spacial score (nSPS) is 16.2. The Hall–Kier alpha value is -3.10. The molecule has 3 amide bonds. The lowest BCUT2D eigenvalue weighted by molar-refractivity contribution is -0.125. The van der Waals surface area contributed by atoms with Crippen LogP contribution >= 0.6 is 0 Å². The second kappa shape index (κ2) is 6.80. The molecule has 0 saturated heterocycles. The van der Waals surface area contributed by atoms with E-state index in [1.54, 1.807) is 32.2 Å². The monoisotopic (exact) mass is 345 g/mol. The fraction of sp³-hybridized carbons (Fsp3) is 0.375. The summed E-state index contributed by atoms with van der Waals surface area (Å²) in [6.45, 7) is 3.72. The summed E-state index contributed by atoms with van der Waals surface area (Å²) in [4.78, 5) is 25.4. The lowest BCUT2D eigenvalue weighted by Gasteiger charge is -2.30. The lowest BCUT2D eigenvalue weighted by atomic mass is 10.2. The molecule has 0 bridgehead atoms. The SMILES string of the molecule is CCc1nnc(CNC(=O)Nc2ccc3c(c2)OC(C)C(=O)N3C)o1. The van der Waals surface area contributed by atoms with Gasteiger partial charge in [0.1, 0.15) is 5.75 Å². The predicted octanol–water partition coefficient (Wildman–Crippen LogP) is 1.70. The number of amides is 3. The summed E-state index contributed by atoms with van der Waals surface area (Å²) in [6.07, 6.45) is 0.0795. The maximum atomic E-state index is 12.0. The van der Waals surface area contributed by atoms with Crippen LogP contribution in [0.1, 0.15) is 25.6 Å². The van der Waals surface area contributed by atoms with Gasteiger partial charge in [0.2, 0.25) is 11.8 Å². The van der Waals surface area contributed by atoms with Crippen molar-refractivity contribution in [3.63, 3.8) is 0 Å². The molecule has 0 radical (unpaired) electrons. The van der Waals surface area contributed by atoms with Crippen LogP contribution in [0.25, 0.3) is 0 Å². The molecule has 1 aromatic heterocycles. The fourth-order valence-corrected chi connectivity index (χ4v) is 2.43. The van der Waals surface area contributed by atoms with Gasteiger partial charge in [0.15, 0.2) is 6.10 Å². The molecule has 2 N–H and O–H groups in total. The molecule has 1 aromatic carbocycles. The number of nitrogens with zero attached hydrogens (tertiary/aromatic N) is 3. The minimum atomic E-state index is -0.563. The quantitative estimate of drug-likeness (QED) is 0.873. The Balaban J connectivity index is 1.62. The maximum absolute atomic E-state index is 12.0. The molecule has 25 heavy (non-hydrogen) atoms. The highest BCUT2D eigenvalue weighted by molar-refractivity contribution is 6.00. The van der Waals surface area contributed by atoms with Crippen molar-refractivity contribution in [1.82, 2.24) is 15.5 Å². The number of nitrogens with one attached hydrogen (secondary N) is 2. The van der Waals surface area contributed by atoms with E-state index in [9.17, 15) is 9.59 Å². The molecule has 0 saturated carbocycles. The van der Waals surface area contributed by atoms with Crippen LogP contribution in [0.3, 0.4) is 0 Å². The summed E-state index contributed by atoms with van der Waals surface area (Å²) in [6, 6.07) is 4.68. The molecular weight excluding hydrogens is 326 g/mol. The maximum Gasteiger partial charge on any atom is 0.319 e. The largest absolute Gasteiger partial charge is 0.479 e. The van der Waals surface area contributed by atoms with E-state index in [0.29, 0.717) is 35.3 Å². The van der Waals surface area contributed by atoms with E-state index in [4.69, 9.17) is 9.15 Å². The van der Waals surface area contributed by atoms with Crippen molar-refractivity contribution < 1.29 is 18.7 Å². The molecule has 1 aliphatic heterocycles. The summed E-state index contributed by atoms with van der Waals surface area (Å²) in [5.74, 6) is 1.29. The molecule has 2 heterocycles. The molecular formula is C16H19N5O4. The molecule has 0 spiro atoms. The number of benzene rings is 1. The number of aromatic nitrogens is 2. The number of aryl methyl sites for hydroxylation is 1. The molecule has 0 aliphatic carbocycles. The van der Waals surface area contributed by atoms with E-state index < -0.39 is 12.1 Å². The Morgan fingerprint density at radius 1 is 1.32 bits per heavy atom. The fourth-order valence-electron chi connectivity index (χ4n) is 2.43. The number of hydrogen-bond donors (Lipinski definition) is 2. The third-order valence-corrected chi connectivity index (χ3v) is 3.77. The Labute approximate surface area is 144 Å². The number of ether oxygens (including phenoxy) is 1. The first kappa shape index (κ1) is 16.7. The number of carbonyl (C=O) groups is 2. The number of fused-ring (bicyclic) bond motifs is 1. The molecule has 3 rings (SSSR count). The molecule has 1 atom stereocenters. The zero-order valence-electron chi connectivity index (χ0n) is 14.2. The summed E-state index contributed by atoms with van der Waals surface area (Å²) in [7, 11) is 1.69. The summed E-state index contributed by atoms with van der Waals surface area (Å²) < 4.78 is 10.9. The van der Waals surface area contributed by atoms with Gasteiger partial charge in [-0.15, -0.1) is 10.2 Å². The Bertz CT molecular complexity index is 804. The van der Waals surface area contributed by atoms with E-state index in [1.807, 2.05) is 6.92 Å². The van der Waals surface area contributed by atoms with Crippen molar-refractivity contribution in [3.8, 4) is 5.75 Å². The van der Waals surface area contributed by atoms with Crippen molar-refractivity contribution in [2.24, 2.45) is 0 Å². The first-order valence-corrected chi connectivity index (χ1v) is 7.92. The third-order valence-electron chi connectivity index (χ3n) is 3.77. The molecule has 9 heteroatoms. The smallest absolute Gasteiger partial charge is 0.319 e. The standard InChI is InChI=1S/C16H19N5O4/c1-4-13-19-20-14(25-13)8-17-16(23)18-10-5-6-11-12(7-10)24-9(2)15(22)21(11)3/h5-7,9H,4,8H2,1-3H3,(H2,17,18,23). The van der Waals surface area contributed by atoms with Crippen molar-refractivity contribution in [1.29, 1.82) is 0 Å². The first-order valence-electron chi connectivity index (χ1n) is 7.92. The number of carbonyl (C=O) groups excluding carboxylic acids is 2. The van der Waals surface area contributed by atoms with E-state index in [-0.39, 0.29) is 12.5 Å². The topological polar surface area (TPSA) is 110 Å². The second-order valence-electron chi connectivity index (χ2n) is 5.59. The van der Waals surface area contributed by atoms with Gasteiger partial charge in [-0.3, -0.25) is 4.79 Å². The van der Waals surface area contributed by atoms with Crippen LogP contribution in [-0.4, -0.2) is 35.3 Å². The molecule has 132 valence electrons. The van der Waals surface area contributed by atoms with Crippen LogP contribution in [0.5, 0.6) is 5.75 Å². The van der Waals surface area contributed by atoms with Gasteiger partial charge in [-0.25, -0.2) is 4.79 Å². The first-order chi connectivity index (χ1) is 12.0. The Morgan fingerprint density at radius 2 is 2.08 bits per heavy atom. The van der Waals surface area contributed by atoms with E-state index in [1.165, 1.54) is 4.90 Å². The number of rotatable bonds is 4. The van der Waals surface area contributed by atoms with Crippen LogP contribution in [-0.2, 0) is 17.8 Å². The van der Waals surface area contributed by atoms with Crippen molar-refractivity contribution >= 4 is 23.3 Å². The summed E-state index contributed by atoms with van der Waals surface area (Å²) in [5.41, 5.74) is 1.21. The predicted molar refractivity (Wildman–Crippen MR) is 89.5 cm³/mol. The minimum Gasteiger partial charge on any atom is -0.479 e. The van der Waals surface area contributed by atoms with Crippen molar-refractivity contribution in [2.75, 3.05) is 17.3 Å². The second-order valence-corrected chi connectivity index (χ2v) is 5.59. The van der Waals surface area contributed by atoms with Gasteiger partial charge in [-0.2, -0.15) is 0 Å². The number of likely N-dealkylation sites (N-methyl/N-ethyl adjacent to an activating group) is 1. The highest BCUT2D eigenvalue weighted by atomic mass is 16.5. The average Bonchev–Trinajstić information content (AvgIpc) is 3.06. The van der Waals surface area contributed by atoms with Gasteiger partial charge in [0.05, 0.1) is 12.2 Å². The molecule has 0 fully saturated rings. The zero-order valence-corrected chi connectivity index (χ0v) is 14.2. The number of anilines is 2. The molecule has 1 aliphatic rings. The average molecular weight is 345 g/mol. The van der Waals surface area contributed by atoms with Gasteiger partial charge in [-0.05, 0) is 19.1 Å². The van der Waals surface area contributed by atoms with E-state index in [0.717, 1.165) is 0 Å². The van der Waals surface area contributed by atoms with Crippen LogP contribution in [0.15, 0.2) is 22.6 Å². The lowest BCUT2D eigenvalue weighted by Crippen LogP contribution is -2.42. The molecule has 9 nitrogen and oxygen atoms in total. The van der Waals surface area contributed by atoms with Gasteiger partial charge in [-0.1, -0.05) is 6.92 Å². The van der Waals surface area contributed by atoms with Gasteiger partial charge in [0.25, 0.3) is 5.91 Å². The number of urea groups is 1. The number of hydrogen-bond acceptors (Lipinski definition) is 6. The summed E-state index contributed by atoms with van der Waals surface area (Å²) in [5, 5.41) is 13.0. The highest BCUT2D eigenvalue weighted by Gasteiger charge is 2.28. The van der Waals surface area contributed by atoms with Crippen LogP contribution in [0.4, 0.5) is 16.2 Å². The Kier molecular flexibility index (Phi) is 4.55. The minimum absolute atomic E-state index is 0.114. The highest BCUT2D eigenvalue weighted by Crippen LogP contribution is 2.35. The van der Waals surface area contributed by atoms with Crippen LogP contribution in [0, 0.1) is 0 Å². The van der Waals surface area contributed by atoms with Crippen molar-refractivity contribution in [3.05, 3.63) is 30.0 Å². The van der Waals surface area contributed by atoms with Crippen LogP contribution < -0.4 is 20.3 Å².